The zero-order valence-electron chi connectivity index (χ0n) is 14.2. The maximum absolute atomic E-state index is 12.7. The van der Waals surface area contributed by atoms with Crippen LogP contribution >= 0.6 is 11.8 Å². The summed E-state index contributed by atoms with van der Waals surface area (Å²) < 4.78 is 0. The summed E-state index contributed by atoms with van der Waals surface area (Å²) in [5, 5.41) is 4.80. The number of fused-ring (bicyclic) bond motifs is 2. The second-order valence-electron chi connectivity index (χ2n) is 5.95. The van der Waals surface area contributed by atoms with Crippen molar-refractivity contribution < 1.29 is 4.79 Å². The van der Waals surface area contributed by atoms with Crippen LogP contribution in [-0.4, -0.2) is 21.1 Å². The molecule has 4 nitrogen and oxygen atoms in total. The average Bonchev–Trinajstić information content (AvgIpc) is 2.68. The van der Waals surface area contributed by atoms with Crippen LogP contribution in [0.2, 0.25) is 0 Å². The highest BCUT2D eigenvalue weighted by Gasteiger charge is 2.17. The number of anilines is 1. The third-order valence-corrected chi connectivity index (χ3v) is 5.36. The lowest BCUT2D eigenvalue weighted by Gasteiger charge is -2.14. The number of rotatable bonds is 4. The van der Waals surface area contributed by atoms with Gasteiger partial charge in [0.2, 0.25) is 5.91 Å². The molecule has 0 spiro atoms. The fourth-order valence-electron chi connectivity index (χ4n) is 2.86. The van der Waals surface area contributed by atoms with E-state index in [0.717, 1.165) is 32.4 Å². The lowest BCUT2D eigenvalue weighted by Crippen LogP contribution is -2.22. The maximum atomic E-state index is 12.7. The molecule has 0 bridgehead atoms. The van der Waals surface area contributed by atoms with Crippen molar-refractivity contribution in [3.63, 3.8) is 0 Å². The second-order valence-corrected chi connectivity index (χ2v) is 7.33. The smallest absolute Gasteiger partial charge is 0.237 e. The summed E-state index contributed by atoms with van der Waals surface area (Å²) in [6, 6.07) is 19.5. The summed E-state index contributed by atoms with van der Waals surface area (Å²) in [6.45, 7) is 1.92. The highest BCUT2D eigenvalue weighted by molar-refractivity contribution is 8.00. The van der Waals surface area contributed by atoms with Crippen molar-refractivity contribution in [3.8, 4) is 0 Å². The number of hydrogen-bond donors (Lipinski definition) is 1. The van der Waals surface area contributed by atoms with E-state index in [-0.39, 0.29) is 11.2 Å². The topological polar surface area (TPSA) is 54.9 Å². The van der Waals surface area contributed by atoms with E-state index >= 15 is 0 Å². The standard InChI is InChI=1S/C21H17N3OS/c1-14(26-20-11-13-23-18-8-3-2-6-16(18)20)21(25)24-19-10-4-9-17-15(19)7-5-12-22-17/h2-14H,1H3,(H,24,25). The molecule has 0 radical (unpaired) electrons. The number of nitrogens with zero attached hydrogens (tertiary/aromatic N) is 2. The number of para-hydroxylation sites is 1. The Morgan fingerprint density at radius 2 is 1.62 bits per heavy atom. The first-order chi connectivity index (χ1) is 12.7. The summed E-state index contributed by atoms with van der Waals surface area (Å²) in [5.74, 6) is -0.0350. The first-order valence-corrected chi connectivity index (χ1v) is 9.25. The molecule has 4 aromatic rings. The highest BCUT2D eigenvalue weighted by atomic mass is 32.2. The zero-order valence-corrected chi connectivity index (χ0v) is 15.0. The first kappa shape index (κ1) is 16.5. The predicted octanol–water partition coefficient (Wildman–Crippen LogP) is 4.90. The Balaban J connectivity index is 1.56. The van der Waals surface area contributed by atoms with Crippen LogP contribution in [0.3, 0.4) is 0 Å². The third-order valence-electron chi connectivity index (χ3n) is 4.19. The van der Waals surface area contributed by atoms with E-state index in [1.807, 2.05) is 67.6 Å². The number of hydrogen-bond acceptors (Lipinski definition) is 4. The maximum Gasteiger partial charge on any atom is 0.237 e. The molecule has 0 saturated carbocycles. The summed E-state index contributed by atoms with van der Waals surface area (Å²) in [5.41, 5.74) is 2.59. The number of carbonyl (C=O) groups excluding carboxylic acids is 1. The summed E-state index contributed by atoms with van der Waals surface area (Å²) in [7, 11) is 0. The van der Waals surface area contributed by atoms with Gasteiger partial charge in [0.1, 0.15) is 0 Å². The predicted molar refractivity (Wildman–Crippen MR) is 107 cm³/mol. The molecule has 128 valence electrons. The fraction of sp³-hybridized carbons (Fsp3) is 0.0952. The van der Waals surface area contributed by atoms with Gasteiger partial charge in [-0.25, -0.2) is 0 Å². The molecule has 2 aromatic carbocycles. The van der Waals surface area contributed by atoms with Gasteiger partial charge in [-0.2, -0.15) is 0 Å². The average molecular weight is 359 g/mol. The summed E-state index contributed by atoms with van der Waals surface area (Å²) in [4.78, 5) is 22.5. The van der Waals surface area contributed by atoms with E-state index in [1.54, 1.807) is 12.4 Å². The Hall–Kier alpha value is -2.92. The molecule has 0 fully saturated rings. The molecule has 0 aliphatic heterocycles. The van der Waals surface area contributed by atoms with Gasteiger partial charge in [0, 0.05) is 28.1 Å². The van der Waals surface area contributed by atoms with Gasteiger partial charge in [-0.05, 0) is 43.3 Å². The van der Waals surface area contributed by atoms with E-state index in [0.29, 0.717) is 0 Å². The number of aromatic nitrogens is 2. The quantitative estimate of drug-likeness (QED) is 0.527. The van der Waals surface area contributed by atoms with Gasteiger partial charge in [-0.15, -0.1) is 11.8 Å². The number of pyridine rings is 2. The Morgan fingerprint density at radius 1 is 0.885 bits per heavy atom. The fourth-order valence-corrected chi connectivity index (χ4v) is 3.85. The van der Waals surface area contributed by atoms with Gasteiger partial charge in [-0.1, -0.05) is 24.3 Å². The molecule has 1 N–H and O–H groups in total. The largest absolute Gasteiger partial charge is 0.324 e. The van der Waals surface area contributed by atoms with E-state index in [1.165, 1.54) is 11.8 Å². The number of nitrogens with one attached hydrogen (secondary N) is 1. The lowest BCUT2D eigenvalue weighted by molar-refractivity contribution is -0.115. The van der Waals surface area contributed by atoms with E-state index in [4.69, 9.17) is 0 Å². The molecule has 0 saturated heterocycles. The lowest BCUT2D eigenvalue weighted by atomic mass is 10.2. The molecule has 0 aliphatic carbocycles. The Morgan fingerprint density at radius 3 is 2.54 bits per heavy atom. The first-order valence-electron chi connectivity index (χ1n) is 8.37. The van der Waals surface area contributed by atoms with Crippen molar-refractivity contribution in [1.29, 1.82) is 0 Å². The van der Waals surface area contributed by atoms with Crippen LogP contribution in [0.1, 0.15) is 6.92 Å². The number of amides is 1. The van der Waals surface area contributed by atoms with Crippen LogP contribution in [0.25, 0.3) is 21.8 Å². The van der Waals surface area contributed by atoms with Crippen molar-refractivity contribution >= 4 is 45.2 Å². The Labute approximate surface area is 155 Å². The minimum Gasteiger partial charge on any atom is -0.324 e. The molecule has 2 heterocycles. The summed E-state index contributed by atoms with van der Waals surface area (Å²) in [6.07, 6.45) is 3.53. The molecule has 4 rings (SSSR count). The monoisotopic (exact) mass is 359 g/mol. The van der Waals surface area contributed by atoms with Crippen LogP contribution in [-0.2, 0) is 4.79 Å². The third kappa shape index (κ3) is 3.26. The number of carbonyl (C=O) groups is 1. The molecule has 5 heteroatoms. The normalized spacial score (nSPS) is 12.2. The van der Waals surface area contributed by atoms with E-state index in [9.17, 15) is 4.79 Å². The van der Waals surface area contributed by atoms with E-state index in [2.05, 4.69) is 15.3 Å². The molecular weight excluding hydrogens is 342 g/mol. The molecule has 1 atom stereocenters. The van der Waals surface area contributed by atoms with Crippen molar-refractivity contribution in [2.45, 2.75) is 17.1 Å². The van der Waals surface area contributed by atoms with Gasteiger partial charge < -0.3 is 5.32 Å². The minimum absolute atomic E-state index is 0.0350. The van der Waals surface area contributed by atoms with Gasteiger partial charge >= 0.3 is 0 Å². The van der Waals surface area contributed by atoms with Crippen molar-refractivity contribution in [2.75, 3.05) is 5.32 Å². The van der Waals surface area contributed by atoms with Crippen LogP contribution in [0.4, 0.5) is 5.69 Å². The molecule has 1 unspecified atom stereocenters. The van der Waals surface area contributed by atoms with Crippen LogP contribution in [0.5, 0.6) is 0 Å². The molecular formula is C21H17N3OS. The zero-order chi connectivity index (χ0) is 17.9. The van der Waals surface area contributed by atoms with Crippen molar-refractivity contribution in [1.82, 2.24) is 9.97 Å². The highest BCUT2D eigenvalue weighted by Crippen LogP contribution is 2.30. The molecule has 26 heavy (non-hydrogen) atoms. The minimum atomic E-state index is -0.243. The molecule has 1 amide bonds. The van der Waals surface area contributed by atoms with Crippen LogP contribution in [0, 0.1) is 0 Å². The summed E-state index contributed by atoms with van der Waals surface area (Å²) >= 11 is 1.54. The van der Waals surface area contributed by atoms with E-state index < -0.39 is 0 Å². The molecule has 0 aliphatic rings. The van der Waals surface area contributed by atoms with Gasteiger partial charge in [0.25, 0.3) is 0 Å². The van der Waals surface area contributed by atoms with Crippen molar-refractivity contribution in [3.05, 3.63) is 73.1 Å². The van der Waals surface area contributed by atoms with Crippen LogP contribution in [0.15, 0.2) is 78.0 Å². The number of benzene rings is 2. The SMILES string of the molecule is CC(Sc1ccnc2ccccc12)C(=O)Nc1cccc2ncccc12. The second kappa shape index (κ2) is 7.14. The van der Waals surface area contributed by atoms with Gasteiger partial charge in [-0.3, -0.25) is 14.8 Å². The Bertz CT molecular complexity index is 1090. The molecule has 2 aromatic heterocycles. The Kier molecular flexibility index (Phi) is 4.54. The van der Waals surface area contributed by atoms with Gasteiger partial charge in [0.15, 0.2) is 0 Å². The van der Waals surface area contributed by atoms with Gasteiger partial charge in [0.05, 0.1) is 22.0 Å². The van der Waals surface area contributed by atoms with Crippen molar-refractivity contribution in [2.24, 2.45) is 0 Å². The number of thioether (sulfide) groups is 1. The van der Waals surface area contributed by atoms with Crippen LogP contribution < -0.4 is 5.32 Å².